The number of amides is 1. The summed E-state index contributed by atoms with van der Waals surface area (Å²) in [4.78, 5) is 36.1. The van der Waals surface area contributed by atoms with Gasteiger partial charge in [0.05, 0.1) is 0 Å². The van der Waals surface area contributed by atoms with Gasteiger partial charge in [0.15, 0.2) is 0 Å². The summed E-state index contributed by atoms with van der Waals surface area (Å²) in [5.74, 6) is -1.76. The molecule has 0 spiro atoms. The van der Waals surface area contributed by atoms with E-state index in [9.17, 15) is 14.4 Å². The molecule has 1 saturated heterocycles. The zero-order valence-electron chi connectivity index (χ0n) is 13.4. The van der Waals surface area contributed by atoms with Gasteiger partial charge in [-0.05, 0) is 38.0 Å². The predicted molar refractivity (Wildman–Crippen MR) is 86.8 cm³/mol. The number of aliphatic carboxylic acids is 1. The standard InChI is InChI=1S/C18H25NO4/c20-16(19-13-7-11-15(19)17(21)18(22)23)12-6-2-5-10-14-8-3-1-4-9-14/h1,3-4,8,14-15H,2,5-7,9-13H2,(H,22,23). The van der Waals surface area contributed by atoms with Crippen molar-refractivity contribution < 1.29 is 19.5 Å². The maximum atomic E-state index is 12.2. The Morgan fingerprint density at radius 1 is 1.13 bits per heavy atom. The lowest BCUT2D eigenvalue weighted by Crippen LogP contribution is -2.43. The first-order chi connectivity index (χ1) is 11.1. The molecule has 1 aliphatic carbocycles. The Kier molecular flexibility index (Phi) is 6.56. The molecule has 126 valence electrons. The summed E-state index contributed by atoms with van der Waals surface area (Å²) in [6, 6.07) is -0.751. The van der Waals surface area contributed by atoms with Crippen LogP contribution in [0.1, 0.15) is 51.4 Å². The molecule has 2 atom stereocenters. The molecule has 0 aromatic heterocycles. The van der Waals surface area contributed by atoms with Crippen LogP contribution < -0.4 is 0 Å². The van der Waals surface area contributed by atoms with Gasteiger partial charge in [-0.2, -0.15) is 0 Å². The van der Waals surface area contributed by atoms with Crippen molar-refractivity contribution in [3.8, 4) is 0 Å². The van der Waals surface area contributed by atoms with Gasteiger partial charge in [0.2, 0.25) is 5.91 Å². The SMILES string of the molecule is O=C(O)C(=O)C1CCCN1C(=O)CCCCCC1C=CC=CC1. The Balaban J connectivity index is 1.66. The lowest BCUT2D eigenvalue weighted by molar-refractivity contribution is -0.152. The Morgan fingerprint density at radius 3 is 2.65 bits per heavy atom. The van der Waals surface area contributed by atoms with Gasteiger partial charge in [0.25, 0.3) is 5.78 Å². The number of carbonyl (C=O) groups is 3. The molecule has 5 heteroatoms. The highest BCUT2D eigenvalue weighted by Gasteiger charge is 2.36. The summed E-state index contributed by atoms with van der Waals surface area (Å²) < 4.78 is 0. The largest absolute Gasteiger partial charge is 0.475 e. The molecule has 2 aliphatic rings. The van der Waals surface area contributed by atoms with Crippen molar-refractivity contribution in [1.29, 1.82) is 0 Å². The fraction of sp³-hybridized carbons (Fsp3) is 0.611. The third kappa shape index (κ3) is 5.05. The molecule has 1 fully saturated rings. The van der Waals surface area contributed by atoms with Crippen LogP contribution in [0.2, 0.25) is 0 Å². The van der Waals surface area contributed by atoms with Crippen molar-refractivity contribution in [2.75, 3.05) is 6.54 Å². The van der Waals surface area contributed by atoms with Gasteiger partial charge in [0, 0.05) is 13.0 Å². The van der Waals surface area contributed by atoms with Gasteiger partial charge in [-0.25, -0.2) is 4.79 Å². The number of nitrogens with zero attached hydrogens (tertiary/aromatic N) is 1. The molecular formula is C18H25NO4. The molecule has 0 aromatic carbocycles. The molecule has 0 saturated carbocycles. The summed E-state index contributed by atoms with van der Waals surface area (Å²) in [7, 11) is 0. The second-order valence-corrected chi connectivity index (χ2v) is 6.32. The van der Waals surface area contributed by atoms with Crippen LogP contribution in [0.4, 0.5) is 0 Å². The number of hydrogen-bond acceptors (Lipinski definition) is 3. The molecule has 2 rings (SSSR count). The first-order valence-corrected chi connectivity index (χ1v) is 8.49. The molecule has 5 nitrogen and oxygen atoms in total. The van der Waals surface area contributed by atoms with E-state index >= 15 is 0 Å². The quantitative estimate of drug-likeness (QED) is 0.551. The van der Waals surface area contributed by atoms with E-state index in [1.807, 2.05) is 0 Å². The van der Waals surface area contributed by atoms with Gasteiger partial charge in [-0.15, -0.1) is 0 Å². The van der Waals surface area contributed by atoms with E-state index in [0.717, 1.165) is 32.1 Å². The van der Waals surface area contributed by atoms with Crippen LogP contribution in [0.5, 0.6) is 0 Å². The zero-order chi connectivity index (χ0) is 16.7. The summed E-state index contributed by atoms with van der Waals surface area (Å²) in [6.07, 6.45) is 15.3. The molecule has 1 amide bonds. The molecule has 0 radical (unpaired) electrons. The van der Waals surface area contributed by atoms with Crippen molar-refractivity contribution in [3.63, 3.8) is 0 Å². The Hall–Kier alpha value is -1.91. The Labute approximate surface area is 137 Å². The topological polar surface area (TPSA) is 74.7 Å². The Bertz CT molecular complexity index is 509. The van der Waals surface area contributed by atoms with E-state index in [1.54, 1.807) is 0 Å². The van der Waals surface area contributed by atoms with Crippen molar-refractivity contribution >= 4 is 17.7 Å². The maximum Gasteiger partial charge on any atom is 0.374 e. The number of Topliss-reactive ketones (excluding diaryl/α,β-unsaturated/α-hetero) is 1. The minimum atomic E-state index is -1.44. The highest BCUT2D eigenvalue weighted by Crippen LogP contribution is 2.22. The van der Waals surface area contributed by atoms with Crippen LogP contribution in [0.15, 0.2) is 24.3 Å². The van der Waals surface area contributed by atoms with E-state index in [2.05, 4.69) is 24.3 Å². The van der Waals surface area contributed by atoms with Crippen LogP contribution in [-0.2, 0) is 14.4 Å². The van der Waals surface area contributed by atoms with Crippen LogP contribution >= 0.6 is 0 Å². The molecule has 23 heavy (non-hydrogen) atoms. The van der Waals surface area contributed by atoms with Crippen molar-refractivity contribution in [2.45, 2.75) is 57.4 Å². The van der Waals surface area contributed by atoms with Gasteiger partial charge in [-0.3, -0.25) is 9.59 Å². The monoisotopic (exact) mass is 319 g/mol. The normalized spacial score (nSPS) is 23.2. The van der Waals surface area contributed by atoms with Crippen LogP contribution in [0.25, 0.3) is 0 Å². The second kappa shape index (κ2) is 8.65. The smallest absolute Gasteiger partial charge is 0.374 e. The maximum absolute atomic E-state index is 12.2. The molecule has 1 heterocycles. The number of carboxylic acids is 1. The van der Waals surface area contributed by atoms with Crippen LogP contribution in [-0.4, -0.2) is 40.3 Å². The number of rotatable bonds is 8. The van der Waals surface area contributed by atoms with Crippen molar-refractivity contribution in [2.24, 2.45) is 5.92 Å². The number of carboxylic acid groups (broad SMARTS) is 1. The molecule has 2 unspecified atom stereocenters. The van der Waals surface area contributed by atoms with Gasteiger partial charge in [0.1, 0.15) is 6.04 Å². The van der Waals surface area contributed by atoms with Gasteiger partial charge >= 0.3 is 5.97 Å². The zero-order valence-corrected chi connectivity index (χ0v) is 13.4. The van der Waals surface area contributed by atoms with E-state index in [0.29, 0.717) is 31.7 Å². The molecular weight excluding hydrogens is 294 g/mol. The van der Waals surface area contributed by atoms with Crippen molar-refractivity contribution in [1.82, 2.24) is 4.90 Å². The number of carbonyl (C=O) groups excluding carboxylic acids is 2. The highest BCUT2D eigenvalue weighted by molar-refractivity contribution is 6.35. The number of hydrogen-bond donors (Lipinski definition) is 1. The lowest BCUT2D eigenvalue weighted by Gasteiger charge is -2.22. The highest BCUT2D eigenvalue weighted by atomic mass is 16.4. The van der Waals surface area contributed by atoms with Crippen LogP contribution in [0, 0.1) is 5.92 Å². The third-order valence-electron chi connectivity index (χ3n) is 4.62. The average molecular weight is 319 g/mol. The number of ketones is 1. The molecule has 0 bridgehead atoms. The Morgan fingerprint density at radius 2 is 1.96 bits per heavy atom. The first-order valence-electron chi connectivity index (χ1n) is 8.49. The summed E-state index contributed by atoms with van der Waals surface area (Å²) in [6.45, 7) is 0.502. The fourth-order valence-electron chi connectivity index (χ4n) is 3.33. The second-order valence-electron chi connectivity index (χ2n) is 6.32. The average Bonchev–Trinajstić information content (AvgIpc) is 3.04. The van der Waals surface area contributed by atoms with E-state index in [4.69, 9.17) is 5.11 Å². The lowest BCUT2D eigenvalue weighted by atomic mass is 9.94. The predicted octanol–water partition coefficient (Wildman–Crippen LogP) is 2.71. The summed E-state index contributed by atoms with van der Waals surface area (Å²) >= 11 is 0. The van der Waals surface area contributed by atoms with E-state index in [-0.39, 0.29) is 5.91 Å². The van der Waals surface area contributed by atoms with E-state index < -0.39 is 17.8 Å². The molecule has 1 aliphatic heterocycles. The molecule has 0 aromatic rings. The number of allylic oxidation sites excluding steroid dienone is 4. The number of unbranched alkanes of at least 4 members (excludes halogenated alkanes) is 2. The van der Waals surface area contributed by atoms with Gasteiger partial charge < -0.3 is 10.0 Å². The van der Waals surface area contributed by atoms with E-state index in [1.165, 1.54) is 4.90 Å². The fourth-order valence-corrected chi connectivity index (χ4v) is 3.33. The van der Waals surface area contributed by atoms with Crippen molar-refractivity contribution in [3.05, 3.63) is 24.3 Å². The minimum absolute atomic E-state index is 0.0809. The molecule has 1 N–H and O–H groups in total. The number of likely N-dealkylation sites (tertiary alicyclic amines) is 1. The summed E-state index contributed by atoms with van der Waals surface area (Å²) in [5, 5.41) is 8.81. The van der Waals surface area contributed by atoms with Crippen LogP contribution in [0.3, 0.4) is 0 Å². The first kappa shape index (κ1) is 17.4. The third-order valence-corrected chi connectivity index (χ3v) is 4.62. The summed E-state index contributed by atoms with van der Waals surface area (Å²) in [5.41, 5.74) is 0. The van der Waals surface area contributed by atoms with Gasteiger partial charge in [-0.1, -0.05) is 37.1 Å². The minimum Gasteiger partial charge on any atom is -0.475 e.